The van der Waals surface area contributed by atoms with Crippen molar-refractivity contribution in [2.45, 2.75) is 46.0 Å². The van der Waals surface area contributed by atoms with Crippen LogP contribution >= 0.6 is 0 Å². The van der Waals surface area contributed by atoms with E-state index < -0.39 is 0 Å². The Hall–Kier alpha value is -0.860. The third-order valence-electron chi connectivity index (χ3n) is 2.49. The fourth-order valence-electron chi connectivity index (χ4n) is 1.55. The third-order valence-corrected chi connectivity index (χ3v) is 2.49. The molecule has 1 aromatic heterocycles. The number of nitrogens with one attached hydrogen (secondary N) is 1. The van der Waals surface area contributed by atoms with Crippen molar-refractivity contribution in [1.29, 1.82) is 0 Å². The van der Waals surface area contributed by atoms with Crippen LogP contribution in [-0.4, -0.2) is 15.2 Å². The minimum Gasteiger partial charge on any atom is -0.263 e. The molecule has 0 aliphatic carbocycles. The molecule has 0 aliphatic heterocycles. The molecule has 0 radical (unpaired) electrons. The van der Waals surface area contributed by atoms with E-state index in [-0.39, 0.29) is 0 Å². The predicted octanol–water partition coefficient (Wildman–Crippen LogP) is 2.56. The van der Waals surface area contributed by atoms with Gasteiger partial charge in [-0.2, -0.15) is 5.10 Å². The van der Waals surface area contributed by atoms with E-state index >= 15 is 0 Å². The summed E-state index contributed by atoms with van der Waals surface area (Å²) in [7, 11) is 0. The SMILES string of the molecule is CCCCC(CC)Cc1ncn[nH]1. The van der Waals surface area contributed by atoms with Gasteiger partial charge < -0.3 is 0 Å². The zero-order valence-corrected chi connectivity index (χ0v) is 8.58. The van der Waals surface area contributed by atoms with Crippen LogP contribution in [-0.2, 0) is 6.42 Å². The monoisotopic (exact) mass is 181 g/mol. The summed E-state index contributed by atoms with van der Waals surface area (Å²) in [5.41, 5.74) is 0. The van der Waals surface area contributed by atoms with Crippen LogP contribution in [0.1, 0.15) is 45.4 Å². The van der Waals surface area contributed by atoms with E-state index in [4.69, 9.17) is 0 Å². The number of aromatic amines is 1. The molecule has 3 heteroatoms. The van der Waals surface area contributed by atoms with Gasteiger partial charge in [-0.1, -0.05) is 39.5 Å². The van der Waals surface area contributed by atoms with Gasteiger partial charge in [-0.3, -0.25) is 5.10 Å². The van der Waals surface area contributed by atoms with Gasteiger partial charge in [-0.15, -0.1) is 0 Å². The Morgan fingerprint density at radius 1 is 1.46 bits per heavy atom. The summed E-state index contributed by atoms with van der Waals surface area (Å²) in [5.74, 6) is 1.80. The summed E-state index contributed by atoms with van der Waals surface area (Å²) in [4.78, 5) is 4.15. The number of unbranched alkanes of at least 4 members (excludes halogenated alkanes) is 1. The van der Waals surface area contributed by atoms with E-state index in [1.54, 1.807) is 6.33 Å². The number of rotatable bonds is 6. The zero-order valence-electron chi connectivity index (χ0n) is 8.58. The van der Waals surface area contributed by atoms with Gasteiger partial charge in [0.1, 0.15) is 12.2 Å². The van der Waals surface area contributed by atoms with E-state index in [0.29, 0.717) is 0 Å². The molecule has 0 saturated carbocycles. The summed E-state index contributed by atoms with van der Waals surface area (Å²) in [6.45, 7) is 4.48. The standard InChI is InChI=1S/C10H19N3/c1-3-5-6-9(4-2)7-10-11-8-12-13-10/h8-9H,3-7H2,1-2H3,(H,11,12,13). The molecule has 74 valence electrons. The van der Waals surface area contributed by atoms with Crippen molar-refractivity contribution in [2.24, 2.45) is 5.92 Å². The van der Waals surface area contributed by atoms with E-state index in [0.717, 1.165) is 18.2 Å². The van der Waals surface area contributed by atoms with Gasteiger partial charge in [-0.05, 0) is 5.92 Å². The Morgan fingerprint density at radius 2 is 2.31 bits per heavy atom. The van der Waals surface area contributed by atoms with Crippen LogP contribution in [0.4, 0.5) is 0 Å². The topological polar surface area (TPSA) is 41.6 Å². The Morgan fingerprint density at radius 3 is 2.85 bits per heavy atom. The van der Waals surface area contributed by atoms with Crippen LogP contribution in [0, 0.1) is 5.92 Å². The molecule has 1 N–H and O–H groups in total. The summed E-state index contributed by atoms with van der Waals surface area (Å²) < 4.78 is 0. The fourth-order valence-corrected chi connectivity index (χ4v) is 1.55. The molecule has 0 aromatic carbocycles. The summed E-state index contributed by atoms with van der Waals surface area (Å²) in [6.07, 6.45) is 7.80. The van der Waals surface area contributed by atoms with Gasteiger partial charge in [0, 0.05) is 6.42 Å². The molecule has 1 heterocycles. The van der Waals surface area contributed by atoms with Crippen molar-refractivity contribution in [1.82, 2.24) is 15.2 Å². The average Bonchev–Trinajstić information content (AvgIpc) is 2.64. The highest BCUT2D eigenvalue weighted by molar-refractivity contribution is 4.82. The molecule has 13 heavy (non-hydrogen) atoms. The minimum absolute atomic E-state index is 0.771. The van der Waals surface area contributed by atoms with E-state index in [1.807, 2.05) is 0 Å². The lowest BCUT2D eigenvalue weighted by molar-refractivity contribution is 0.440. The van der Waals surface area contributed by atoms with Crippen LogP contribution in [0.5, 0.6) is 0 Å². The van der Waals surface area contributed by atoms with Crippen LogP contribution in [0.3, 0.4) is 0 Å². The molecule has 0 bridgehead atoms. The summed E-state index contributed by atoms with van der Waals surface area (Å²) >= 11 is 0. The maximum atomic E-state index is 4.15. The van der Waals surface area contributed by atoms with Gasteiger partial charge in [0.15, 0.2) is 0 Å². The Balaban J connectivity index is 2.31. The molecular weight excluding hydrogens is 162 g/mol. The van der Waals surface area contributed by atoms with Gasteiger partial charge in [-0.25, -0.2) is 4.98 Å². The zero-order chi connectivity index (χ0) is 9.52. The van der Waals surface area contributed by atoms with E-state index in [2.05, 4.69) is 29.0 Å². The normalized spacial score (nSPS) is 13.1. The third kappa shape index (κ3) is 3.57. The van der Waals surface area contributed by atoms with Crippen LogP contribution in [0.2, 0.25) is 0 Å². The molecule has 1 unspecified atom stereocenters. The van der Waals surface area contributed by atoms with Crippen molar-refractivity contribution >= 4 is 0 Å². The van der Waals surface area contributed by atoms with Gasteiger partial charge >= 0.3 is 0 Å². The Kier molecular flexibility index (Phi) is 4.50. The van der Waals surface area contributed by atoms with Crippen LogP contribution in [0.25, 0.3) is 0 Å². The fraction of sp³-hybridized carbons (Fsp3) is 0.800. The Labute approximate surface area is 80.0 Å². The molecule has 0 amide bonds. The quantitative estimate of drug-likeness (QED) is 0.732. The van der Waals surface area contributed by atoms with E-state index in [9.17, 15) is 0 Å². The maximum absolute atomic E-state index is 4.15. The second-order valence-electron chi connectivity index (χ2n) is 3.55. The highest BCUT2D eigenvalue weighted by atomic mass is 15.2. The lowest BCUT2D eigenvalue weighted by Crippen LogP contribution is -2.04. The smallest absolute Gasteiger partial charge is 0.137 e. The molecule has 3 nitrogen and oxygen atoms in total. The van der Waals surface area contributed by atoms with Crippen molar-refractivity contribution in [3.05, 3.63) is 12.2 Å². The van der Waals surface area contributed by atoms with Crippen molar-refractivity contribution in [3.63, 3.8) is 0 Å². The average molecular weight is 181 g/mol. The maximum Gasteiger partial charge on any atom is 0.137 e. The molecule has 1 aromatic rings. The first-order valence-corrected chi connectivity index (χ1v) is 5.21. The second kappa shape index (κ2) is 5.73. The second-order valence-corrected chi connectivity index (χ2v) is 3.55. The van der Waals surface area contributed by atoms with Crippen molar-refractivity contribution in [2.75, 3.05) is 0 Å². The van der Waals surface area contributed by atoms with Crippen LogP contribution in [0.15, 0.2) is 6.33 Å². The first-order valence-electron chi connectivity index (χ1n) is 5.21. The lowest BCUT2D eigenvalue weighted by atomic mass is 9.96. The summed E-state index contributed by atoms with van der Waals surface area (Å²) in [5, 5.41) is 6.77. The molecule has 0 fully saturated rings. The van der Waals surface area contributed by atoms with Crippen molar-refractivity contribution < 1.29 is 0 Å². The first kappa shape index (κ1) is 10.2. The molecule has 0 aliphatic rings. The summed E-state index contributed by atoms with van der Waals surface area (Å²) in [6, 6.07) is 0. The van der Waals surface area contributed by atoms with Crippen molar-refractivity contribution in [3.8, 4) is 0 Å². The molecule has 0 spiro atoms. The largest absolute Gasteiger partial charge is 0.263 e. The Bertz CT molecular complexity index is 206. The number of H-pyrrole nitrogens is 1. The van der Waals surface area contributed by atoms with Gasteiger partial charge in [0.05, 0.1) is 0 Å². The highest BCUT2D eigenvalue weighted by Crippen LogP contribution is 2.15. The first-order chi connectivity index (χ1) is 6.36. The van der Waals surface area contributed by atoms with E-state index in [1.165, 1.54) is 25.7 Å². The van der Waals surface area contributed by atoms with Crippen LogP contribution < -0.4 is 0 Å². The molecule has 0 saturated heterocycles. The number of hydrogen-bond donors (Lipinski definition) is 1. The number of aromatic nitrogens is 3. The van der Waals surface area contributed by atoms with Gasteiger partial charge in [0.25, 0.3) is 0 Å². The molecule has 1 atom stereocenters. The number of hydrogen-bond acceptors (Lipinski definition) is 2. The predicted molar refractivity (Wildman–Crippen MR) is 53.4 cm³/mol. The molecule has 1 rings (SSSR count). The molecular formula is C10H19N3. The highest BCUT2D eigenvalue weighted by Gasteiger charge is 2.08. The number of nitrogens with zero attached hydrogens (tertiary/aromatic N) is 2. The minimum atomic E-state index is 0.771. The lowest BCUT2D eigenvalue weighted by Gasteiger charge is -2.11. The van der Waals surface area contributed by atoms with Gasteiger partial charge in [0.2, 0.25) is 0 Å².